The third-order valence-electron chi connectivity index (χ3n) is 10.3. The van der Waals surface area contributed by atoms with Gasteiger partial charge in [0.1, 0.15) is 42.3 Å². The van der Waals surface area contributed by atoms with Gasteiger partial charge in [-0.25, -0.2) is 0 Å². The third kappa shape index (κ3) is 22.1. The molecular weight excluding hydrogens is 913 g/mol. The molecule has 1 aromatic carbocycles. The third-order valence-corrected chi connectivity index (χ3v) is 10.3. The van der Waals surface area contributed by atoms with Crippen molar-refractivity contribution < 1.29 is 72.5 Å². The molecule has 69 heavy (non-hydrogen) atoms. The second-order valence-corrected chi connectivity index (χ2v) is 16.0. The van der Waals surface area contributed by atoms with Gasteiger partial charge in [-0.3, -0.25) is 62.3 Å². The molecule has 0 unspecified atom stereocenters. The maximum absolute atomic E-state index is 13.9. The molecule has 1 rings (SSSR count). The number of carboxylic acids is 1. The van der Waals surface area contributed by atoms with Gasteiger partial charge >= 0.3 is 5.97 Å². The molecule has 382 valence electrons. The number of carbonyl (C=O) groups is 13. The molecule has 9 atom stereocenters. The van der Waals surface area contributed by atoms with E-state index >= 15 is 0 Å². The zero-order valence-electron chi connectivity index (χ0n) is 38.9. The van der Waals surface area contributed by atoms with Crippen molar-refractivity contribution in [3.05, 3.63) is 35.9 Å². The summed E-state index contributed by atoms with van der Waals surface area (Å²) in [7, 11) is 0. The van der Waals surface area contributed by atoms with Gasteiger partial charge in [-0.2, -0.15) is 0 Å². The van der Waals surface area contributed by atoms with E-state index in [0.717, 1.165) is 0 Å². The maximum Gasteiger partial charge on any atom is 0.305 e. The number of aliphatic carboxylic acids is 1. The molecule has 0 aliphatic rings. The summed E-state index contributed by atoms with van der Waals surface area (Å²) >= 11 is 0. The van der Waals surface area contributed by atoms with Crippen molar-refractivity contribution in [1.82, 2.24) is 47.9 Å². The van der Waals surface area contributed by atoms with E-state index in [4.69, 9.17) is 17.2 Å². The molecule has 1 aromatic rings. The fourth-order valence-electron chi connectivity index (χ4n) is 6.24. The summed E-state index contributed by atoms with van der Waals surface area (Å²) in [6.07, 6.45) is -2.10. The van der Waals surface area contributed by atoms with Crippen LogP contribution in [0.3, 0.4) is 0 Å². The smallest absolute Gasteiger partial charge is 0.305 e. The molecule has 0 bridgehead atoms. The van der Waals surface area contributed by atoms with Crippen molar-refractivity contribution in [2.24, 2.45) is 29.0 Å². The molecule has 17 N–H and O–H groups in total. The molecular formula is C42H64N12O15. The first-order valence-electron chi connectivity index (χ1n) is 21.7. The van der Waals surface area contributed by atoms with E-state index in [9.17, 15) is 72.5 Å². The van der Waals surface area contributed by atoms with Gasteiger partial charge in [0.15, 0.2) is 0 Å². The Hall–Kier alpha value is -7.71. The predicted molar refractivity (Wildman–Crippen MR) is 240 cm³/mol. The van der Waals surface area contributed by atoms with E-state index in [-0.39, 0.29) is 18.8 Å². The molecule has 0 saturated carbocycles. The average Bonchev–Trinajstić information content (AvgIpc) is 3.28. The second-order valence-electron chi connectivity index (χ2n) is 16.0. The van der Waals surface area contributed by atoms with E-state index in [1.54, 1.807) is 51.1 Å². The number of rotatable bonds is 31. The minimum absolute atomic E-state index is 0.116. The Balaban J connectivity index is 3.32. The normalized spacial score (nSPS) is 14.6. The lowest BCUT2D eigenvalue weighted by atomic mass is 9.96. The molecule has 27 nitrogen and oxygen atoms in total. The Morgan fingerprint density at radius 2 is 0.928 bits per heavy atom. The van der Waals surface area contributed by atoms with Crippen LogP contribution in [0, 0.1) is 11.8 Å². The van der Waals surface area contributed by atoms with Gasteiger partial charge in [0.05, 0.1) is 39.0 Å². The number of carbonyl (C=O) groups excluding carboxylic acids is 12. The number of aliphatic hydroxyl groups is 1. The number of nitrogens with two attached hydrogens (primary N) is 3. The van der Waals surface area contributed by atoms with Crippen LogP contribution in [0.1, 0.15) is 72.3 Å². The van der Waals surface area contributed by atoms with Crippen LogP contribution in [0.5, 0.6) is 0 Å². The largest absolute Gasteiger partial charge is 0.481 e. The number of benzene rings is 1. The van der Waals surface area contributed by atoms with Crippen molar-refractivity contribution in [1.29, 1.82) is 0 Å². The fourth-order valence-corrected chi connectivity index (χ4v) is 6.24. The topological polar surface area (TPSA) is 449 Å². The first-order chi connectivity index (χ1) is 32.3. The quantitative estimate of drug-likeness (QED) is 0.0329. The Labute approximate surface area is 396 Å². The molecule has 12 amide bonds. The highest BCUT2D eigenvalue weighted by Crippen LogP contribution is 2.13. The zero-order valence-corrected chi connectivity index (χ0v) is 38.9. The van der Waals surface area contributed by atoms with Crippen LogP contribution in [0.4, 0.5) is 0 Å². The molecule has 0 aliphatic heterocycles. The molecule has 27 heteroatoms. The second kappa shape index (κ2) is 29.8. The SMILES string of the molecule is CC[C@H](C)[C@H](NC(C)=O)C(=O)N[C@@H](Cc1ccccc1)C(=O)N[C@@H](CC(N)=O)C(=O)N[C@H](C(=O)N[C@@H](CC(=O)O)C(=O)N[C@@H](CO)C(=O)NCC(=O)N[C@@H](CC(N)=O)C(=O)NCC(N)=O)[C@@H](C)CC. The van der Waals surface area contributed by atoms with Crippen LogP contribution < -0.4 is 65.1 Å². The molecule has 0 fully saturated rings. The number of hydrogen-bond acceptors (Lipinski definition) is 14. The van der Waals surface area contributed by atoms with Crippen molar-refractivity contribution >= 4 is 76.9 Å². The van der Waals surface area contributed by atoms with Crippen LogP contribution >= 0.6 is 0 Å². The van der Waals surface area contributed by atoms with Gasteiger partial charge in [-0.05, 0) is 17.4 Å². The van der Waals surface area contributed by atoms with Gasteiger partial charge in [0.25, 0.3) is 0 Å². The highest BCUT2D eigenvalue weighted by Gasteiger charge is 2.36. The molecule has 0 aromatic heterocycles. The Morgan fingerprint density at radius 3 is 1.41 bits per heavy atom. The monoisotopic (exact) mass is 976 g/mol. The van der Waals surface area contributed by atoms with E-state index < -0.39 is 164 Å². The maximum atomic E-state index is 13.9. The fraction of sp³-hybridized carbons (Fsp3) is 0.548. The summed E-state index contributed by atoms with van der Waals surface area (Å²) in [5, 5.41) is 40.0. The Kier molecular flexibility index (Phi) is 25.6. The number of hydrogen-bond donors (Lipinski definition) is 14. The van der Waals surface area contributed by atoms with Crippen molar-refractivity contribution in [2.45, 2.75) is 115 Å². The lowest BCUT2D eigenvalue weighted by molar-refractivity contribution is -0.142. The number of amides is 12. The Morgan fingerprint density at radius 1 is 0.507 bits per heavy atom. The summed E-state index contributed by atoms with van der Waals surface area (Å²) in [6.45, 7) is 5.16. The van der Waals surface area contributed by atoms with Gasteiger partial charge in [-0.1, -0.05) is 70.9 Å². The molecule has 0 aliphatic carbocycles. The lowest BCUT2D eigenvalue weighted by Gasteiger charge is -2.29. The summed E-state index contributed by atoms with van der Waals surface area (Å²) in [4.78, 5) is 165. The summed E-state index contributed by atoms with van der Waals surface area (Å²) in [5.74, 6) is -14.9. The summed E-state index contributed by atoms with van der Waals surface area (Å²) in [6, 6.07) is -2.81. The van der Waals surface area contributed by atoms with Crippen LogP contribution in [-0.2, 0) is 68.7 Å². The summed E-state index contributed by atoms with van der Waals surface area (Å²) < 4.78 is 0. The first-order valence-corrected chi connectivity index (χ1v) is 21.7. The van der Waals surface area contributed by atoms with Gasteiger partial charge < -0.3 is 75.3 Å². The molecule has 0 heterocycles. The molecule has 0 saturated heterocycles. The van der Waals surface area contributed by atoms with E-state index in [1.807, 2.05) is 5.32 Å². The van der Waals surface area contributed by atoms with Crippen LogP contribution in [-0.4, -0.2) is 149 Å². The predicted octanol–water partition coefficient (Wildman–Crippen LogP) is -6.33. The van der Waals surface area contributed by atoms with E-state index in [0.29, 0.717) is 12.0 Å². The van der Waals surface area contributed by atoms with Crippen molar-refractivity contribution in [3.8, 4) is 0 Å². The summed E-state index contributed by atoms with van der Waals surface area (Å²) in [5.41, 5.74) is 16.1. The molecule has 0 radical (unpaired) electrons. The highest BCUT2D eigenvalue weighted by atomic mass is 16.4. The number of nitrogens with one attached hydrogen (secondary N) is 9. The first kappa shape index (κ1) is 59.3. The van der Waals surface area contributed by atoms with Gasteiger partial charge in [0, 0.05) is 13.3 Å². The van der Waals surface area contributed by atoms with E-state index in [1.165, 1.54) is 13.8 Å². The van der Waals surface area contributed by atoms with E-state index in [2.05, 4.69) is 42.5 Å². The van der Waals surface area contributed by atoms with Gasteiger partial charge in [-0.15, -0.1) is 0 Å². The average molecular weight is 977 g/mol. The number of carboxylic acid groups (broad SMARTS) is 1. The molecule has 0 spiro atoms. The Bertz CT molecular complexity index is 2040. The zero-order chi connectivity index (χ0) is 52.5. The number of aliphatic hydroxyl groups excluding tert-OH is 1. The number of primary amides is 3. The van der Waals surface area contributed by atoms with Crippen LogP contribution in [0.15, 0.2) is 30.3 Å². The highest BCUT2D eigenvalue weighted by molar-refractivity contribution is 6.00. The minimum atomic E-state index is -1.97. The van der Waals surface area contributed by atoms with Crippen LogP contribution in [0.25, 0.3) is 0 Å². The minimum Gasteiger partial charge on any atom is -0.481 e. The van der Waals surface area contributed by atoms with Crippen molar-refractivity contribution in [2.75, 3.05) is 19.7 Å². The lowest BCUT2D eigenvalue weighted by Crippen LogP contribution is -2.62. The van der Waals surface area contributed by atoms with Crippen LogP contribution in [0.2, 0.25) is 0 Å². The van der Waals surface area contributed by atoms with Crippen molar-refractivity contribution in [3.63, 3.8) is 0 Å². The van der Waals surface area contributed by atoms with Gasteiger partial charge in [0.2, 0.25) is 70.9 Å². The standard InChI is InChI=1S/C42H64N12O15/c1-6-20(3)34(48-22(5)56)41(68)51-24(13-23-11-9-8-10-12-23)38(65)50-26(15-30(44)58)40(67)54-35(21(4)7-2)42(69)52-27(16-33(61)62)39(66)53-28(19-55)37(64)47-18-32(60)49-25(14-29(43)57)36(63)46-17-31(45)59/h8-12,20-21,24-28,34-35,55H,6-7,13-19H2,1-5H3,(H2,43,57)(H2,44,58)(H2,45,59)(H,46,63)(H,47,64)(H,48,56)(H,49,60)(H,50,65)(H,51,68)(H,52,69)(H,53,66)(H,54,67)(H,61,62)/t20-,21-,24-,25-,26-,27-,28-,34-,35-/m0/s1.